The molecule has 0 bridgehead atoms. The third-order valence-electron chi connectivity index (χ3n) is 6.10. The molecule has 1 aliphatic carbocycles. The van der Waals surface area contributed by atoms with Crippen LogP contribution in [0.2, 0.25) is 0 Å². The van der Waals surface area contributed by atoms with E-state index < -0.39 is 5.41 Å². The molecule has 4 heterocycles. The molecule has 0 spiro atoms. The molecule has 140 valence electrons. The van der Waals surface area contributed by atoms with Crippen LogP contribution in [-0.4, -0.2) is 32.2 Å². The molecule has 0 N–H and O–H groups in total. The highest BCUT2D eigenvalue weighted by molar-refractivity contribution is 6.07. The van der Waals surface area contributed by atoms with Crippen molar-refractivity contribution in [3.8, 4) is 11.8 Å². The molecule has 2 atom stereocenters. The molecular weight excluding hydrogens is 352 g/mol. The summed E-state index contributed by atoms with van der Waals surface area (Å²) in [6.45, 7) is 4.44. The van der Waals surface area contributed by atoms with Gasteiger partial charge in [0.1, 0.15) is 5.41 Å². The van der Waals surface area contributed by atoms with E-state index >= 15 is 0 Å². The molecule has 7 nitrogen and oxygen atoms in total. The van der Waals surface area contributed by atoms with Gasteiger partial charge in [0, 0.05) is 29.7 Å². The van der Waals surface area contributed by atoms with Crippen LogP contribution in [0.3, 0.4) is 0 Å². The highest BCUT2D eigenvalue weighted by Gasteiger charge is 2.61. The standard InChI is InChI=1S/C21H20N6O/c1-13-11-26(20(28)21(13,12-22)15-4-5-15)19-17-7-8-23-10-18(17)27(25-19)16-6-3-14(2)24-9-16/h3,6-10,13,15H,4-5,11H2,1-2H3/t13-,21+/m1/s1. The van der Waals surface area contributed by atoms with Crippen LogP contribution in [0.4, 0.5) is 5.82 Å². The number of carbonyl (C=O) groups excluding carboxylic acids is 1. The molecule has 0 unspecified atom stereocenters. The van der Waals surface area contributed by atoms with Crippen molar-refractivity contribution in [3.63, 3.8) is 0 Å². The smallest absolute Gasteiger partial charge is 0.249 e. The summed E-state index contributed by atoms with van der Waals surface area (Å²) < 4.78 is 1.77. The van der Waals surface area contributed by atoms with Crippen molar-refractivity contribution in [1.29, 1.82) is 5.26 Å². The van der Waals surface area contributed by atoms with E-state index in [1.165, 1.54) is 0 Å². The van der Waals surface area contributed by atoms with Crippen LogP contribution in [0.1, 0.15) is 25.5 Å². The molecule has 5 rings (SSSR count). The minimum Gasteiger partial charge on any atom is -0.293 e. The van der Waals surface area contributed by atoms with Crippen molar-refractivity contribution in [1.82, 2.24) is 19.7 Å². The summed E-state index contributed by atoms with van der Waals surface area (Å²) in [7, 11) is 0. The molecule has 3 aromatic rings. The Kier molecular flexibility index (Phi) is 3.53. The summed E-state index contributed by atoms with van der Waals surface area (Å²) >= 11 is 0. The maximum Gasteiger partial charge on any atom is 0.249 e. The lowest BCUT2D eigenvalue weighted by Gasteiger charge is -2.22. The lowest BCUT2D eigenvalue weighted by Crippen LogP contribution is -2.37. The first-order valence-corrected chi connectivity index (χ1v) is 9.55. The molecule has 2 aliphatic rings. The van der Waals surface area contributed by atoms with Gasteiger partial charge in [-0.05, 0) is 43.9 Å². The molecule has 1 saturated carbocycles. The van der Waals surface area contributed by atoms with Crippen LogP contribution >= 0.6 is 0 Å². The highest BCUT2D eigenvalue weighted by atomic mass is 16.2. The maximum absolute atomic E-state index is 13.4. The Hall–Kier alpha value is -3.27. The molecule has 3 aromatic heterocycles. The van der Waals surface area contributed by atoms with Gasteiger partial charge in [-0.3, -0.25) is 19.7 Å². The van der Waals surface area contributed by atoms with Crippen molar-refractivity contribution < 1.29 is 4.79 Å². The average Bonchev–Trinajstić information content (AvgIpc) is 3.43. The first kappa shape index (κ1) is 16.9. The Morgan fingerprint density at radius 1 is 1.25 bits per heavy atom. The first-order valence-electron chi connectivity index (χ1n) is 9.55. The fourth-order valence-electron chi connectivity index (χ4n) is 4.41. The van der Waals surface area contributed by atoms with Gasteiger partial charge >= 0.3 is 0 Å². The van der Waals surface area contributed by atoms with Gasteiger partial charge in [-0.2, -0.15) is 5.26 Å². The number of carbonyl (C=O) groups is 1. The predicted octanol–water partition coefficient (Wildman–Crippen LogP) is 3.03. The molecule has 1 amide bonds. The maximum atomic E-state index is 13.4. The number of aryl methyl sites for hydroxylation is 1. The predicted molar refractivity (Wildman–Crippen MR) is 104 cm³/mol. The topological polar surface area (TPSA) is 87.7 Å². The summed E-state index contributed by atoms with van der Waals surface area (Å²) in [5.41, 5.74) is 1.62. The van der Waals surface area contributed by atoms with E-state index in [1.807, 2.05) is 32.0 Å². The molecule has 1 aliphatic heterocycles. The number of hydrogen-bond acceptors (Lipinski definition) is 5. The largest absolute Gasteiger partial charge is 0.293 e. The number of nitriles is 1. The van der Waals surface area contributed by atoms with E-state index in [4.69, 9.17) is 5.10 Å². The molecule has 28 heavy (non-hydrogen) atoms. The van der Waals surface area contributed by atoms with E-state index in [0.717, 1.165) is 35.1 Å². The van der Waals surface area contributed by atoms with Crippen LogP contribution in [0.5, 0.6) is 0 Å². The van der Waals surface area contributed by atoms with Crippen LogP contribution in [0.25, 0.3) is 16.6 Å². The fraction of sp³-hybridized carbons (Fsp3) is 0.381. The summed E-state index contributed by atoms with van der Waals surface area (Å²) in [6, 6.07) is 8.13. The molecule has 1 saturated heterocycles. The van der Waals surface area contributed by atoms with E-state index in [9.17, 15) is 10.1 Å². The minimum absolute atomic E-state index is 0.0272. The van der Waals surface area contributed by atoms with Crippen molar-refractivity contribution in [2.24, 2.45) is 17.3 Å². The van der Waals surface area contributed by atoms with E-state index in [0.29, 0.717) is 12.4 Å². The van der Waals surface area contributed by atoms with Crippen molar-refractivity contribution >= 4 is 22.6 Å². The van der Waals surface area contributed by atoms with Crippen LogP contribution < -0.4 is 4.90 Å². The Bertz CT molecular complexity index is 1120. The Balaban J connectivity index is 1.65. The highest BCUT2D eigenvalue weighted by Crippen LogP contribution is 2.54. The number of amides is 1. The second-order valence-corrected chi connectivity index (χ2v) is 7.86. The summed E-state index contributed by atoms with van der Waals surface area (Å²) in [4.78, 5) is 23.7. The van der Waals surface area contributed by atoms with Crippen molar-refractivity contribution in [3.05, 3.63) is 42.5 Å². The summed E-state index contributed by atoms with van der Waals surface area (Å²) in [5, 5.41) is 15.5. The number of fused-ring (bicyclic) bond motifs is 1. The molecule has 7 heteroatoms. The van der Waals surface area contributed by atoms with Crippen molar-refractivity contribution in [2.45, 2.75) is 26.7 Å². The molecular formula is C21H20N6O. The quantitative estimate of drug-likeness (QED) is 0.705. The third-order valence-corrected chi connectivity index (χ3v) is 6.10. The number of pyridine rings is 2. The number of anilines is 1. The van der Waals surface area contributed by atoms with Gasteiger partial charge in [-0.25, -0.2) is 4.68 Å². The first-order chi connectivity index (χ1) is 13.6. The van der Waals surface area contributed by atoms with Gasteiger partial charge < -0.3 is 0 Å². The van der Waals surface area contributed by atoms with Gasteiger partial charge in [0.2, 0.25) is 5.91 Å². The van der Waals surface area contributed by atoms with Gasteiger partial charge in [0.15, 0.2) is 5.82 Å². The number of aromatic nitrogens is 4. The number of hydrogen-bond donors (Lipinski definition) is 0. The monoisotopic (exact) mass is 372 g/mol. The van der Waals surface area contributed by atoms with Crippen LogP contribution in [-0.2, 0) is 4.79 Å². The summed E-state index contributed by atoms with van der Waals surface area (Å²) in [6.07, 6.45) is 7.11. The number of nitrogens with zero attached hydrogens (tertiary/aromatic N) is 6. The Morgan fingerprint density at radius 2 is 2.07 bits per heavy atom. The fourth-order valence-corrected chi connectivity index (χ4v) is 4.41. The average molecular weight is 372 g/mol. The van der Waals surface area contributed by atoms with Crippen LogP contribution in [0, 0.1) is 35.5 Å². The van der Waals surface area contributed by atoms with Crippen molar-refractivity contribution in [2.75, 3.05) is 11.4 Å². The van der Waals surface area contributed by atoms with Gasteiger partial charge in [-0.1, -0.05) is 6.92 Å². The van der Waals surface area contributed by atoms with Gasteiger partial charge in [0.05, 0.1) is 29.7 Å². The molecule has 0 aromatic carbocycles. The Morgan fingerprint density at radius 3 is 2.75 bits per heavy atom. The number of rotatable bonds is 3. The second kappa shape index (κ2) is 5.86. The summed E-state index contributed by atoms with van der Waals surface area (Å²) in [5.74, 6) is 0.616. The normalized spacial score (nSPS) is 24.7. The third kappa shape index (κ3) is 2.21. The molecule has 2 fully saturated rings. The zero-order chi connectivity index (χ0) is 19.5. The lowest BCUT2D eigenvalue weighted by molar-refractivity contribution is -0.124. The van der Waals surface area contributed by atoms with Gasteiger partial charge in [-0.15, -0.1) is 5.10 Å². The van der Waals surface area contributed by atoms with E-state index in [-0.39, 0.29) is 17.7 Å². The Labute approximate surface area is 162 Å². The van der Waals surface area contributed by atoms with E-state index in [1.54, 1.807) is 28.2 Å². The zero-order valence-electron chi connectivity index (χ0n) is 15.8. The zero-order valence-corrected chi connectivity index (χ0v) is 15.8. The second-order valence-electron chi connectivity index (χ2n) is 7.86. The lowest BCUT2D eigenvalue weighted by atomic mass is 9.75. The SMILES string of the molecule is Cc1ccc(-n2nc(N3C[C@@H](C)[C@@](C#N)(C4CC4)C3=O)c3ccncc32)cn1. The molecule has 0 radical (unpaired) electrons. The van der Waals surface area contributed by atoms with Crippen LogP contribution in [0.15, 0.2) is 36.8 Å². The minimum atomic E-state index is -0.922. The van der Waals surface area contributed by atoms with Gasteiger partial charge in [0.25, 0.3) is 0 Å². The van der Waals surface area contributed by atoms with E-state index in [2.05, 4.69) is 16.0 Å².